The van der Waals surface area contributed by atoms with Crippen molar-refractivity contribution in [3.63, 3.8) is 0 Å². The van der Waals surface area contributed by atoms with Crippen LogP contribution in [0.25, 0.3) is 11.0 Å². The van der Waals surface area contributed by atoms with Crippen molar-refractivity contribution < 1.29 is 37.9 Å². The minimum Gasteiger partial charge on any atom is -0.447 e. The van der Waals surface area contributed by atoms with Gasteiger partial charge in [-0.25, -0.2) is 14.0 Å². The summed E-state index contributed by atoms with van der Waals surface area (Å²) in [6.07, 6.45) is -2.54. The van der Waals surface area contributed by atoms with Gasteiger partial charge in [0, 0.05) is 6.54 Å². The molecule has 6 atom stereocenters. The van der Waals surface area contributed by atoms with E-state index in [0.717, 1.165) is 0 Å². The monoisotopic (exact) mass is 503 g/mol. The van der Waals surface area contributed by atoms with Crippen molar-refractivity contribution in [3.05, 3.63) is 17.4 Å². The second-order valence-corrected chi connectivity index (χ2v) is 9.89. The third-order valence-electron chi connectivity index (χ3n) is 7.78. The van der Waals surface area contributed by atoms with Crippen LogP contribution in [0.1, 0.15) is 32.8 Å². The van der Waals surface area contributed by atoms with Crippen LogP contribution in [-0.2, 0) is 20.7 Å². The summed E-state index contributed by atoms with van der Waals surface area (Å²) in [4.78, 5) is 40.8. The number of ether oxygens (including phenoxy) is 2. The Morgan fingerprint density at radius 1 is 1.31 bits per heavy atom. The van der Waals surface area contributed by atoms with Crippen LogP contribution in [0.4, 0.5) is 25.5 Å². The highest BCUT2D eigenvalue weighted by atomic mass is 19.1. The van der Waals surface area contributed by atoms with Crippen molar-refractivity contribution in [2.45, 2.75) is 64.1 Å². The third-order valence-corrected chi connectivity index (χ3v) is 7.78. The lowest BCUT2D eigenvalue weighted by Gasteiger charge is -2.57. The quantitative estimate of drug-likeness (QED) is 0.553. The van der Waals surface area contributed by atoms with Crippen molar-refractivity contribution in [1.82, 2.24) is 15.8 Å². The molecule has 3 saturated heterocycles. The van der Waals surface area contributed by atoms with Crippen molar-refractivity contribution in [1.29, 1.82) is 0 Å². The summed E-state index contributed by atoms with van der Waals surface area (Å²) in [5.74, 6) is -1.23. The number of cyclic esters (lactones) is 1. The molecule has 2 aromatic rings. The van der Waals surface area contributed by atoms with Crippen LogP contribution >= 0.6 is 0 Å². The number of urea groups is 1. The number of fused-ring (bicyclic) bond motifs is 5. The molecule has 6 rings (SSSR count). The molecular weight excluding hydrogens is 477 g/mol. The van der Waals surface area contributed by atoms with Gasteiger partial charge < -0.3 is 29.3 Å². The van der Waals surface area contributed by atoms with E-state index in [1.54, 1.807) is 17.9 Å². The Balaban J connectivity index is 1.57. The number of nitrogens with one attached hydrogen (secondary N) is 2. The van der Waals surface area contributed by atoms with Gasteiger partial charge in [-0.3, -0.25) is 15.0 Å². The van der Waals surface area contributed by atoms with Crippen molar-refractivity contribution in [3.8, 4) is 0 Å². The number of benzene rings is 1. The zero-order chi connectivity index (χ0) is 25.5. The van der Waals surface area contributed by atoms with Crippen LogP contribution in [0.5, 0.6) is 0 Å². The highest BCUT2D eigenvalue weighted by Crippen LogP contribution is 2.50. The van der Waals surface area contributed by atoms with Gasteiger partial charge in [0.1, 0.15) is 18.2 Å². The molecule has 13 heteroatoms. The van der Waals surface area contributed by atoms with E-state index >= 15 is 4.39 Å². The second-order valence-electron chi connectivity index (χ2n) is 9.89. The fourth-order valence-electron chi connectivity index (χ4n) is 6.29. The molecule has 192 valence electrons. The predicted octanol–water partition coefficient (Wildman–Crippen LogP) is 1.38. The van der Waals surface area contributed by atoms with E-state index in [-0.39, 0.29) is 54.2 Å². The van der Waals surface area contributed by atoms with Crippen molar-refractivity contribution in [2.75, 3.05) is 23.0 Å². The molecule has 0 aliphatic carbocycles. The van der Waals surface area contributed by atoms with Gasteiger partial charge in [-0.05, 0) is 38.3 Å². The molecule has 4 aliphatic rings. The molecule has 0 saturated carbocycles. The summed E-state index contributed by atoms with van der Waals surface area (Å²) in [7, 11) is 0. The number of carbonyl (C=O) groups excluding carboxylic acids is 3. The van der Waals surface area contributed by atoms with Gasteiger partial charge in [0.05, 0.1) is 35.4 Å². The zero-order valence-corrected chi connectivity index (χ0v) is 19.9. The number of hydrogen-bond acceptors (Lipinski definition) is 9. The summed E-state index contributed by atoms with van der Waals surface area (Å²) in [6, 6.07) is -0.252. The van der Waals surface area contributed by atoms with Crippen molar-refractivity contribution in [2.24, 2.45) is 5.41 Å². The Morgan fingerprint density at radius 2 is 2.08 bits per heavy atom. The highest BCUT2D eigenvalue weighted by molar-refractivity contribution is 6.04. The average Bonchev–Trinajstić information content (AvgIpc) is 3.39. The third kappa shape index (κ3) is 2.92. The maximum atomic E-state index is 16.2. The summed E-state index contributed by atoms with van der Waals surface area (Å²) in [5, 5.41) is 20.0. The number of aliphatic hydroxyl groups is 1. The van der Waals surface area contributed by atoms with Gasteiger partial charge in [0.15, 0.2) is 11.6 Å². The molecule has 4 amide bonds. The summed E-state index contributed by atoms with van der Waals surface area (Å²) in [5.41, 5.74) is -1.05. The standard InChI is InChI=1S/C23H26FN5O7/c1-4-12-8-34-22(33)29(12)18-13-5-11-6-23(19(30)25-21(32)26-20(23)31)17-10(3)35-9(2)7-28(17)15(11)14(24)16(13)36-27-18/h5,9-10,12,17,19,30H,4,6-8H2,1-3H3,(H2,25,26,31,32)/t9-,10+,12+,17-,19?,23?/m1/s1. The van der Waals surface area contributed by atoms with Crippen LogP contribution in [0.15, 0.2) is 10.6 Å². The smallest absolute Gasteiger partial charge is 0.416 e. The number of hydrogen-bond donors (Lipinski definition) is 3. The van der Waals surface area contributed by atoms with Crippen LogP contribution < -0.4 is 20.4 Å². The average molecular weight is 503 g/mol. The molecule has 4 aliphatic heterocycles. The zero-order valence-electron chi connectivity index (χ0n) is 19.9. The fourth-order valence-corrected chi connectivity index (χ4v) is 6.29. The number of imide groups is 1. The Bertz CT molecular complexity index is 1300. The molecule has 0 bridgehead atoms. The fraction of sp³-hybridized carbons (Fsp3) is 0.565. The molecular formula is C23H26FN5O7. The number of aliphatic hydroxyl groups excluding tert-OH is 1. The van der Waals surface area contributed by atoms with Gasteiger partial charge in [-0.2, -0.15) is 0 Å². The minimum absolute atomic E-state index is 0.0992. The molecule has 1 aromatic carbocycles. The molecule has 3 N–H and O–H groups in total. The van der Waals surface area contributed by atoms with Crippen LogP contribution in [0.3, 0.4) is 0 Å². The molecule has 0 radical (unpaired) electrons. The topological polar surface area (TPSA) is 146 Å². The number of carbonyl (C=O) groups is 3. The molecule has 5 heterocycles. The van der Waals surface area contributed by atoms with E-state index in [4.69, 9.17) is 14.0 Å². The summed E-state index contributed by atoms with van der Waals surface area (Å²) < 4.78 is 32.8. The first-order valence-corrected chi connectivity index (χ1v) is 12.0. The van der Waals surface area contributed by atoms with Crippen LogP contribution in [-0.4, -0.2) is 72.0 Å². The minimum atomic E-state index is -1.56. The number of rotatable bonds is 2. The maximum Gasteiger partial charge on any atom is 0.416 e. The normalized spacial score (nSPS) is 33.9. The number of nitrogens with zero attached hydrogens (tertiary/aromatic N) is 3. The Morgan fingerprint density at radius 3 is 2.81 bits per heavy atom. The molecule has 2 unspecified atom stereocenters. The van der Waals surface area contributed by atoms with Gasteiger partial charge in [0.2, 0.25) is 11.5 Å². The Kier molecular flexibility index (Phi) is 4.96. The van der Waals surface area contributed by atoms with Gasteiger partial charge in [0.25, 0.3) is 0 Å². The Labute approximate surface area is 204 Å². The maximum absolute atomic E-state index is 16.2. The first kappa shape index (κ1) is 23.0. The highest BCUT2D eigenvalue weighted by Gasteiger charge is 2.63. The first-order chi connectivity index (χ1) is 17.2. The molecule has 36 heavy (non-hydrogen) atoms. The lowest BCUT2D eigenvalue weighted by atomic mass is 9.66. The van der Waals surface area contributed by atoms with E-state index in [1.807, 2.05) is 13.8 Å². The van der Waals surface area contributed by atoms with Crippen molar-refractivity contribution >= 4 is 40.5 Å². The Hall–Kier alpha value is -3.45. The van der Waals surface area contributed by atoms with E-state index in [2.05, 4.69) is 15.8 Å². The lowest BCUT2D eigenvalue weighted by Crippen LogP contribution is -2.76. The van der Waals surface area contributed by atoms with E-state index in [1.165, 1.54) is 4.90 Å². The van der Waals surface area contributed by atoms with Crippen LogP contribution in [0.2, 0.25) is 0 Å². The van der Waals surface area contributed by atoms with Gasteiger partial charge >= 0.3 is 12.1 Å². The van der Waals surface area contributed by atoms with Gasteiger partial charge in [-0.15, -0.1) is 0 Å². The van der Waals surface area contributed by atoms with Crippen LogP contribution in [0, 0.1) is 11.2 Å². The molecule has 1 spiro atoms. The number of amides is 4. The SMILES string of the molecule is CC[C@H]1COC(=O)N1c1noc2c(F)c3c(cc12)CC1(C(=O)NC(=O)NC1O)[C@H]1[C@H](C)O[C@H](C)CN31. The first-order valence-electron chi connectivity index (χ1n) is 12.0. The summed E-state index contributed by atoms with van der Waals surface area (Å²) in [6.45, 7) is 5.89. The molecule has 1 aromatic heterocycles. The lowest BCUT2D eigenvalue weighted by molar-refractivity contribution is -0.155. The number of anilines is 2. The molecule has 12 nitrogen and oxygen atoms in total. The second kappa shape index (κ2) is 7.77. The van der Waals surface area contributed by atoms with E-state index in [0.29, 0.717) is 12.0 Å². The predicted molar refractivity (Wildman–Crippen MR) is 122 cm³/mol. The van der Waals surface area contributed by atoms with E-state index in [9.17, 15) is 19.5 Å². The van der Waals surface area contributed by atoms with E-state index < -0.39 is 47.6 Å². The number of halogens is 1. The largest absolute Gasteiger partial charge is 0.447 e. The molecule has 3 fully saturated rings. The van der Waals surface area contributed by atoms with Gasteiger partial charge in [-0.1, -0.05) is 12.1 Å². The summed E-state index contributed by atoms with van der Waals surface area (Å²) >= 11 is 0. The number of morpholine rings is 1. The number of aromatic nitrogens is 1.